The lowest BCUT2D eigenvalue weighted by Crippen LogP contribution is -2.34. The van der Waals surface area contributed by atoms with Gasteiger partial charge in [-0.15, -0.1) is 0 Å². The minimum Gasteiger partial charge on any atom is -0.396 e. The number of hydrogen-bond acceptors (Lipinski definition) is 8. The van der Waals surface area contributed by atoms with Crippen LogP contribution in [-0.4, -0.2) is 59.3 Å². The molecule has 1 aliphatic carbocycles. The zero-order valence-corrected chi connectivity index (χ0v) is 11.0. The number of aliphatic hydroxyl groups excluding tert-OH is 3. The minimum atomic E-state index is -1.13. The SMILES string of the molecule is Nc1ncnc2c1ncn2C1O[C@]2(C[C@H]2CO)C(O)C1O. The van der Waals surface area contributed by atoms with E-state index in [1.165, 1.54) is 17.2 Å². The highest BCUT2D eigenvalue weighted by atomic mass is 16.6. The van der Waals surface area contributed by atoms with E-state index in [4.69, 9.17) is 10.5 Å². The Morgan fingerprint density at radius 2 is 2.19 bits per heavy atom. The standard InChI is InChI=1S/C12H15N5O4/c13-9-6-10(15-3-14-9)17(4-16-6)11-7(19)8(20)12(21-11)1-5(12)2-18/h3-5,7-8,11,18-20H,1-2H2,(H2,13,14,15)/t5-,7?,8?,11?,12-/m0/s1. The van der Waals surface area contributed by atoms with Crippen molar-refractivity contribution in [2.24, 2.45) is 5.92 Å². The maximum absolute atomic E-state index is 10.3. The highest BCUT2D eigenvalue weighted by Crippen LogP contribution is 2.57. The van der Waals surface area contributed by atoms with Gasteiger partial charge in [-0.25, -0.2) is 15.0 Å². The van der Waals surface area contributed by atoms with Gasteiger partial charge in [-0.05, 0) is 6.42 Å². The second-order valence-corrected chi connectivity index (χ2v) is 5.57. The summed E-state index contributed by atoms with van der Waals surface area (Å²) in [5.41, 5.74) is 5.69. The summed E-state index contributed by atoms with van der Waals surface area (Å²) in [7, 11) is 0. The first-order chi connectivity index (χ1) is 10.1. The molecule has 9 nitrogen and oxygen atoms in total. The zero-order valence-electron chi connectivity index (χ0n) is 11.0. The van der Waals surface area contributed by atoms with E-state index in [1.807, 2.05) is 0 Å². The number of aliphatic hydroxyl groups is 3. The Morgan fingerprint density at radius 3 is 2.90 bits per heavy atom. The van der Waals surface area contributed by atoms with Crippen LogP contribution in [0.3, 0.4) is 0 Å². The molecule has 2 aromatic rings. The molecule has 0 radical (unpaired) electrons. The van der Waals surface area contributed by atoms with Crippen molar-refractivity contribution >= 4 is 17.0 Å². The number of ether oxygens (including phenoxy) is 1. The Morgan fingerprint density at radius 1 is 1.38 bits per heavy atom. The molecule has 1 saturated carbocycles. The van der Waals surface area contributed by atoms with E-state index in [1.54, 1.807) is 0 Å². The molecule has 0 bridgehead atoms. The van der Waals surface area contributed by atoms with Gasteiger partial charge >= 0.3 is 0 Å². The Bertz CT molecular complexity index is 706. The summed E-state index contributed by atoms with van der Waals surface area (Å²) in [5.74, 6) is 0.0720. The van der Waals surface area contributed by atoms with Crippen LogP contribution in [0.4, 0.5) is 5.82 Å². The number of aromatic nitrogens is 4. The summed E-state index contributed by atoms with van der Waals surface area (Å²) in [6.45, 7) is -0.0870. The molecule has 2 aliphatic rings. The highest BCUT2D eigenvalue weighted by molar-refractivity contribution is 5.81. The molecular formula is C12H15N5O4. The number of hydrogen-bond donors (Lipinski definition) is 4. The molecule has 5 N–H and O–H groups in total. The van der Waals surface area contributed by atoms with Crippen LogP contribution in [0.15, 0.2) is 12.7 Å². The lowest BCUT2D eigenvalue weighted by Gasteiger charge is -2.16. The van der Waals surface area contributed by atoms with Crippen LogP contribution in [0, 0.1) is 5.92 Å². The smallest absolute Gasteiger partial charge is 0.167 e. The third-order valence-corrected chi connectivity index (χ3v) is 4.43. The number of rotatable bonds is 2. The first-order valence-corrected chi connectivity index (χ1v) is 6.66. The van der Waals surface area contributed by atoms with Crippen molar-refractivity contribution in [1.29, 1.82) is 0 Å². The molecule has 1 saturated heterocycles. The molecule has 2 fully saturated rings. The maximum Gasteiger partial charge on any atom is 0.167 e. The second kappa shape index (κ2) is 4.10. The number of nitrogens with two attached hydrogens (primary N) is 1. The van der Waals surface area contributed by atoms with Crippen molar-refractivity contribution in [3.8, 4) is 0 Å². The van der Waals surface area contributed by atoms with Gasteiger partial charge in [0.25, 0.3) is 0 Å². The van der Waals surface area contributed by atoms with Gasteiger partial charge in [0, 0.05) is 12.5 Å². The van der Waals surface area contributed by atoms with Gasteiger partial charge in [0.15, 0.2) is 17.7 Å². The van der Waals surface area contributed by atoms with Crippen molar-refractivity contribution in [2.45, 2.75) is 30.5 Å². The average Bonchev–Trinajstić information content (AvgIpc) is 2.94. The maximum atomic E-state index is 10.3. The third kappa shape index (κ3) is 1.57. The summed E-state index contributed by atoms with van der Waals surface area (Å²) < 4.78 is 7.37. The van der Waals surface area contributed by atoms with E-state index in [2.05, 4.69) is 15.0 Å². The van der Waals surface area contributed by atoms with Gasteiger partial charge in [0.1, 0.15) is 29.7 Å². The molecule has 4 rings (SSSR count). The monoisotopic (exact) mass is 293 g/mol. The van der Waals surface area contributed by atoms with Crippen LogP contribution in [0.25, 0.3) is 11.2 Å². The van der Waals surface area contributed by atoms with Crippen LogP contribution in [-0.2, 0) is 4.74 Å². The molecule has 1 aliphatic heterocycles. The predicted octanol–water partition coefficient (Wildman–Crippen LogP) is -1.59. The quantitative estimate of drug-likeness (QED) is 0.519. The Balaban J connectivity index is 1.75. The third-order valence-electron chi connectivity index (χ3n) is 4.43. The Hall–Kier alpha value is -1.81. The molecule has 112 valence electrons. The molecule has 1 spiro atoms. The van der Waals surface area contributed by atoms with Gasteiger partial charge in [0.2, 0.25) is 0 Å². The van der Waals surface area contributed by atoms with E-state index in [9.17, 15) is 15.3 Å². The minimum absolute atomic E-state index is 0.0870. The molecule has 0 aromatic carbocycles. The van der Waals surface area contributed by atoms with Gasteiger partial charge in [0.05, 0.1) is 6.33 Å². The molecule has 9 heteroatoms. The normalized spacial score (nSPS) is 38.4. The van der Waals surface area contributed by atoms with E-state index in [0.29, 0.717) is 17.6 Å². The second-order valence-electron chi connectivity index (χ2n) is 5.57. The molecule has 21 heavy (non-hydrogen) atoms. The average molecular weight is 293 g/mol. The van der Waals surface area contributed by atoms with E-state index in [-0.39, 0.29) is 18.3 Å². The Kier molecular flexibility index (Phi) is 2.52. The number of nitrogen functional groups attached to an aromatic ring is 1. The van der Waals surface area contributed by atoms with Crippen molar-refractivity contribution in [3.63, 3.8) is 0 Å². The van der Waals surface area contributed by atoms with Gasteiger partial charge < -0.3 is 25.8 Å². The van der Waals surface area contributed by atoms with Crippen molar-refractivity contribution < 1.29 is 20.1 Å². The zero-order chi connectivity index (χ0) is 14.8. The topological polar surface area (TPSA) is 140 Å². The lowest BCUT2D eigenvalue weighted by molar-refractivity contribution is -0.0563. The first kappa shape index (κ1) is 12.9. The summed E-state index contributed by atoms with van der Waals surface area (Å²) >= 11 is 0. The fourth-order valence-corrected chi connectivity index (χ4v) is 3.14. The largest absolute Gasteiger partial charge is 0.396 e. The van der Waals surface area contributed by atoms with Gasteiger partial charge in [-0.2, -0.15) is 0 Å². The fourth-order valence-electron chi connectivity index (χ4n) is 3.14. The van der Waals surface area contributed by atoms with E-state index in [0.717, 1.165) is 0 Å². The van der Waals surface area contributed by atoms with Crippen LogP contribution in [0.2, 0.25) is 0 Å². The van der Waals surface area contributed by atoms with Crippen molar-refractivity contribution in [2.75, 3.05) is 12.3 Å². The summed E-state index contributed by atoms with van der Waals surface area (Å²) in [5, 5.41) is 29.7. The van der Waals surface area contributed by atoms with Crippen LogP contribution < -0.4 is 5.73 Å². The summed E-state index contributed by atoms with van der Waals surface area (Å²) in [6.07, 6.45) is 0.257. The fraction of sp³-hybridized carbons (Fsp3) is 0.583. The molecule has 2 aromatic heterocycles. The molecule has 0 amide bonds. The highest BCUT2D eigenvalue weighted by Gasteiger charge is 2.68. The first-order valence-electron chi connectivity index (χ1n) is 6.66. The molecule has 5 atom stereocenters. The number of anilines is 1. The van der Waals surface area contributed by atoms with Crippen molar-refractivity contribution in [3.05, 3.63) is 12.7 Å². The van der Waals surface area contributed by atoms with E-state index >= 15 is 0 Å². The van der Waals surface area contributed by atoms with Gasteiger partial charge in [-0.3, -0.25) is 4.57 Å². The number of imidazole rings is 1. The van der Waals surface area contributed by atoms with Crippen LogP contribution >= 0.6 is 0 Å². The van der Waals surface area contributed by atoms with Crippen LogP contribution in [0.5, 0.6) is 0 Å². The number of nitrogens with zero attached hydrogens (tertiary/aromatic N) is 4. The molecule has 3 heterocycles. The number of fused-ring (bicyclic) bond motifs is 1. The van der Waals surface area contributed by atoms with Crippen LogP contribution in [0.1, 0.15) is 12.6 Å². The molecular weight excluding hydrogens is 278 g/mol. The van der Waals surface area contributed by atoms with Crippen molar-refractivity contribution in [1.82, 2.24) is 19.5 Å². The summed E-state index contributed by atoms with van der Waals surface area (Å²) in [6, 6.07) is 0. The van der Waals surface area contributed by atoms with Gasteiger partial charge in [-0.1, -0.05) is 0 Å². The molecule has 3 unspecified atom stereocenters. The predicted molar refractivity (Wildman–Crippen MR) is 69.8 cm³/mol. The van der Waals surface area contributed by atoms with E-state index < -0.39 is 24.0 Å². The lowest BCUT2D eigenvalue weighted by atomic mass is 10.1. The summed E-state index contributed by atoms with van der Waals surface area (Å²) in [4.78, 5) is 12.1. The Labute approximate surface area is 119 Å².